The largest absolute Gasteiger partial charge is 0.444 e. The molecule has 1 N–H and O–H groups in total. The standard InChI is InChI=1S/C14H21ClN4O2/c1-14(2,3)21-13(20)17-8-10-5-7-19(9-10)11-4-6-16-12(15)18-11/h4,6,10H,5,7-9H2,1-3H3,(H,17,20). The summed E-state index contributed by atoms with van der Waals surface area (Å²) in [5, 5.41) is 3.07. The normalized spacial score (nSPS) is 18.7. The average Bonchev–Trinajstić information content (AvgIpc) is 2.83. The molecule has 1 aromatic heterocycles. The van der Waals surface area contributed by atoms with Crippen LogP contribution < -0.4 is 10.2 Å². The number of anilines is 1. The van der Waals surface area contributed by atoms with E-state index in [0.717, 1.165) is 25.3 Å². The molecule has 7 heteroatoms. The Hall–Kier alpha value is -1.56. The maximum absolute atomic E-state index is 11.6. The quantitative estimate of drug-likeness (QED) is 0.869. The number of nitrogens with one attached hydrogen (secondary N) is 1. The molecule has 0 spiro atoms. The van der Waals surface area contributed by atoms with Crippen LogP contribution in [0.3, 0.4) is 0 Å². The van der Waals surface area contributed by atoms with Crippen LogP contribution in [-0.4, -0.2) is 41.3 Å². The highest BCUT2D eigenvalue weighted by molar-refractivity contribution is 6.28. The second-order valence-electron chi connectivity index (χ2n) is 6.17. The zero-order valence-electron chi connectivity index (χ0n) is 12.6. The highest BCUT2D eigenvalue weighted by Gasteiger charge is 2.25. The smallest absolute Gasteiger partial charge is 0.407 e. The average molecular weight is 313 g/mol. The molecule has 1 amide bonds. The minimum atomic E-state index is -0.469. The fraction of sp³-hybridized carbons (Fsp3) is 0.643. The number of carbonyl (C=O) groups is 1. The van der Waals surface area contributed by atoms with Crippen molar-refractivity contribution in [1.82, 2.24) is 15.3 Å². The van der Waals surface area contributed by atoms with Gasteiger partial charge in [-0.15, -0.1) is 0 Å². The zero-order chi connectivity index (χ0) is 15.5. The van der Waals surface area contributed by atoms with Crippen molar-refractivity contribution >= 4 is 23.5 Å². The highest BCUT2D eigenvalue weighted by atomic mass is 35.5. The minimum absolute atomic E-state index is 0.253. The lowest BCUT2D eigenvalue weighted by Gasteiger charge is -2.21. The molecule has 1 fully saturated rings. The molecule has 1 atom stereocenters. The molecule has 0 bridgehead atoms. The summed E-state index contributed by atoms with van der Waals surface area (Å²) in [7, 11) is 0. The fourth-order valence-electron chi connectivity index (χ4n) is 2.25. The maximum atomic E-state index is 11.6. The van der Waals surface area contributed by atoms with Crippen LogP contribution in [0, 0.1) is 5.92 Å². The SMILES string of the molecule is CC(C)(C)OC(=O)NCC1CCN(c2ccnc(Cl)n2)C1. The first-order valence-electron chi connectivity index (χ1n) is 7.04. The summed E-state index contributed by atoms with van der Waals surface area (Å²) in [6, 6.07) is 1.84. The second-order valence-corrected chi connectivity index (χ2v) is 6.51. The lowest BCUT2D eigenvalue weighted by molar-refractivity contribution is 0.0520. The predicted molar refractivity (Wildman–Crippen MR) is 81.6 cm³/mol. The molecule has 1 aliphatic rings. The molecule has 1 saturated heterocycles. The number of rotatable bonds is 3. The van der Waals surface area contributed by atoms with E-state index in [1.807, 2.05) is 26.8 Å². The number of aromatic nitrogens is 2. The number of ether oxygens (including phenoxy) is 1. The Morgan fingerprint density at radius 2 is 2.33 bits per heavy atom. The van der Waals surface area contributed by atoms with E-state index in [2.05, 4.69) is 20.2 Å². The summed E-state index contributed by atoms with van der Waals surface area (Å²) >= 11 is 5.80. The Morgan fingerprint density at radius 3 is 3.00 bits per heavy atom. The third kappa shape index (κ3) is 5.04. The number of halogens is 1. The lowest BCUT2D eigenvalue weighted by Crippen LogP contribution is -2.36. The van der Waals surface area contributed by atoms with Gasteiger partial charge in [0.15, 0.2) is 0 Å². The third-order valence-electron chi connectivity index (χ3n) is 3.16. The van der Waals surface area contributed by atoms with Gasteiger partial charge >= 0.3 is 6.09 Å². The Balaban J connectivity index is 1.79. The molecule has 1 aliphatic heterocycles. The van der Waals surface area contributed by atoms with E-state index >= 15 is 0 Å². The van der Waals surface area contributed by atoms with Crippen LogP contribution in [0.15, 0.2) is 12.3 Å². The van der Waals surface area contributed by atoms with Crippen LogP contribution in [0.1, 0.15) is 27.2 Å². The van der Waals surface area contributed by atoms with Crippen molar-refractivity contribution in [3.8, 4) is 0 Å². The number of carbonyl (C=O) groups excluding carboxylic acids is 1. The molecule has 0 radical (unpaired) electrons. The van der Waals surface area contributed by atoms with E-state index in [0.29, 0.717) is 12.5 Å². The highest BCUT2D eigenvalue weighted by Crippen LogP contribution is 2.22. The first-order chi connectivity index (χ1) is 9.83. The Morgan fingerprint density at radius 1 is 1.57 bits per heavy atom. The summed E-state index contributed by atoms with van der Waals surface area (Å²) < 4.78 is 5.22. The van der Waals surface area contributed by atoms with Gasteiger partial charge in [-0.05, 0) is 50.8 Å². The molecular weight excluding hydrogens is 292 g/mol. The van der Waals surface area contributed by atoms with Gasteiger partial charge in [0, 0.05) is 25.8 Å². The molecule has 21 heavy (non-hydrogen) atoms. The molecule has 2 rings (SSSR count). The molecule has 0 saturated carbocycles. The topological polar surface area (TPSA) is 67.3 Å². The molecule has 1 aromatic rings. The van der Waals surface area contributed by atoms with Crippen LogP contribution in [0.5, 0.6) is 0 Å². The molecule has 0 aromatic carbocycles. The number of nitrogens with zero attached hydrogens (tertiary/aromatic N) is 3. The summed E-state index contributed by atoms with van der Waals surface area (Å²) in [6.07, 6.45) is 2.28. The van der Waals surface area contributed by atoms with E-state index in [1.165, 1.54) is 0 Å². The third-order valence-corrected chi connectivity index (χ3v) is 3.34. The first kappa shape index (κ1) is 15.8. The van der Waals surface area contributed by atoms with Crippen LogP contribution in [-0.2, 0) is 4.74 Å². The summed E-state index contributed by atoms with van der Waals surface area (Å²) in [4.78, 5) is 21.9. The van der Waals surface area contributed by atoms with Crippen molar-refractivity contribution in [2.24, 2.45) is 5.92 Å². The first-order valence-corrected chi connectivity index (χ1v) is 7.41. The molecule has 116 valence electrons. The fourth-order valence-corrected chi connectivity index (χ4v) is 2.39. The van der Waals surface area contributed by atoms with Crippen molar-refractivity contribution in [3.05, 3.63) is 17.5 Å². The number of amides is 1. The Kier molecular flexibility index (Phi) is 4.88. The van der Waals surface area contributed by atoms with Gasteiger partial charge in [-0.1, -0.05) is 0 Å². The van der Waals surface area contributed by atoms with Crippen molar-refractivity contribution < 1.29 is 9.53 Å². The van der Waals surface area contributed by atoms with Crippen molar-refractivity contribution in [2.45, 2.75) is 32.8 Å². The molecule has 1 unspecified atom stereocenters. The van der Waals surface area contributed by atoms with Crippen LogP contribution >= 0.6 is 11.6 Å². The van der Waals surface area contributed by atoms with Gasteiger partial charge in [-0.2, -0.15) is 0 Å². The van der Waals surface area contributed by atoms with E-state index in [-0.39, 0.29) is 11.4 Å². The number of alkyl carbamates (subject to hydrolysis) is 1. The van der Waals surface area contributed by atoms with Crippen LogP contribution in [0.2, 0.25) is 5.28 Å². The Labute approximate surface area is 129 Å². The molecule has 2 heterocycles. The minimum Gasteiger partial charge on any atom is -0.444 e. The summed E-state index contributed by atoms with van der Waals surface area (Å²) in [5.41, 5.74) is -0.469. The van der Waals surface area contributed by atoms with E-state index in [4.69, 9.17) is 16.3 Å². The zero-order valence-corrected chi connectivity index (χ0v) is 13.4. The van der Waals surface area contributed by atoms with E-state index in [9.17, 15) is 4.79 Å². The van der Waals surface area contributed by atoms with Crippen molar-refractivity contribution in [2.75, 3.05) is 24.5 Å². The van der Waals surface area contributed by atoms with Crippen molar-refractivity contribution in [3.63, 3.8) is 0 Å². The van der Waals surface area contributed by atoms with Gasteiger partial charge in [0.1, 0.15) is 11.4 Å². The van der Waals surface area contributed by atoms with Gasteiger partial charge in [-0.25, -0.2) is 14.8 Å². The summed E-state index contributed by atoms with van der Waals surface area (Å²) in [6.45, 7) is 7.88. The van der Waals surface area contributed by atoms with Crippen molar-refractivity contribution in [1.29, 1.82) is 0 Å². The van der Waals surface area contributed by atoms with Gasteiger partial charge < -0.3 is 15.0 Å². The predicted octanol–water partition coefficient (Wildman–Crippen LogP) is 2.48. The molecular formula is C14H21ClN4O2. The van der Waals surface area contributed by atoms with Gasteiger partial charge in [0.2, 0.25) is 5.28 Å². The van der Waals surface area contributed by atoms with E-state index in [1.54, 1.807) is 6.20 Å². The summed E-state index contributed by atoms with van der Waals surface area (Å²) in [5.74, 6) is 1.21. The maximum Gasteiger partial charge on any atom is 0.407 e. The number of hydrogen-bond acceptors (Lipinski definition) is 5. The number of hydrogen-bond donors (Lipinski definition) is 1. The van der Waals surface area contributed by atoms with Gasteiger partial charge in [0.25, 0.3) is 0 Å². The van der Waals surface area contributed by atoms with Gasteiger partial charge in [-0.3, -0.25) is 0 Å². The monoisotopic (exact) mass is 312 g/mol. The van der Waals surface area contributed by atoms with E-state index < -0.39 is 5.60 Å². The second kappa shape index (κ2) is 6.47. The molecule has 6 nitrogen and oxygen atoms in total. The van der Waals surface area contributed by atoms with Gasteiger partial charge in [0.05, 0.1) is 0 Å². The molecule has 0 aliphatic carbocycles. The van der Waals surface area contributed by atoms with Crippen LogP contribution in [0.25, 0.3) is 0 Å². The Bertz CT molecular complexity index is 504. The lowest BCUT2D eigenvalue weighted by atomic mass is 10.1. The van der Waals surface area contributed by atoms with Crippen LogP contribution in [0.4, 0.5) is 10.6 Å².